The smallest absolute Gasteiger partial charge is 0.161 e. The molecule has 0 atom stereocenters. The predicted octanol–water partition coefficient (Wildman–Crippen LogP) is 13.5. The molecule has 0 saturated carbocycles. The Morgan fingerprint density at radius 1 is 0.298 bits per heavy atom. The molecule has 0 aliphatic carbocycles. The van der Waals surface area contributed by atoms with E-state index >= 15 is 0 Å². The van der Waals surface area contributed by atoms with Gasteiger partial charge in [0.1, 0.15) is 11.2 Å². The van der Waals surface area contributed by atoms with E-state index in [0.29, 0.717) is 11.6 Å². The molecule has 5 heteroatoms. The van der Waals surface area contributed by atoms with Crippen molar-refractivity contribution in [2.24, 2.45) is 0 Å². The largest absolute Gasteiger partial charge is 0.456 e. The molecule has 0 unspecified atom stereocenters. The van der Waals surface area contributed by atoms with Crippen LogP contribution in [0.25, 0.3) is 111 Å². The maximum absolute atomic E-state index is 6.48. The summed E-state index contributed by atoms with van der Waals surface area (Å²) in [6, 6.07) is 66.8. The molecule has 11 rings (SSSR count). The third kappa shape index (κ3) is 5.81. The van der Waals surface area contributed by atoms with E-state index in [2.05, 4.69) is 133 Å². The van der Waals surface area contributed by atoms with E-state index in [0.717, 1.165) is 88.5 Å². The number of fused-ring (bicyclic) bond motifs is 5. The van der Waals surface area contributed by atoms with Crippen LogP contribution in [0.15, 0.2) is 199 Å². The van der Waals surface area contributed by atoms with Crippen LogP contribution in [-0.2, 0) is 0 Å². The fourth-order valence-corrected chi connectivity index (χ4v) is 7.90. The zero-order valence-corrected chi connectivity index (χ0v) is 30.7. The fourth-order valence-electron chi connectivity index (χ4n) is 7.90. The van der Waals surface area contributed by atoms with Gasteiger partial charge in [0.2, 0.25) is 0 Å². The van der Waals surface area contributed by atoms with E-state index in [1.165, 1.54) is 11.1 Å². The third-order valence-electron chi connectivity index (χ3n) is 10.7. The Hall–Kier alpha value is -7.76. The highest BCUT2D eigenvalue weighted by molar-refractivity contribution is 6.13. The summed E-state index contributed by atoms with van der Waals surface area (Å²) in [5.41, 5.74) is 13.6. The van der Waals surface area contributed by atoms with E-state index < -0.39 is 0 Å². The first kappa shape index (κ1) is 32.7. The highest BCUT2D eigenvalue weighted by Gasteiger charge is 2.19. The molecule has 8 aromatic carbocycles. The molecule has 11 aromatic rings. The second-order valence-electron chi connectivity index (χ2n) is 14.2. The van der Waals surface area contributed by atoms with Gasteiger partial charge >= 0.3 is 0 Å². The van der Waals surface area contributed by atoms with Gasteiger partial charge in [0, 0.05) is 43.8 Å². The molecule has 0 fully saturated rings. The molecule has 3 heterocycles. The number of furan rings is 1. The molecule has 0 radical (unpaired) electrons. The van der Waals surface area contributed by atoms with Crippen LogP contribution in [0, 0.1) is 0 Å². The van der Waals surface area contributed by atoms with E-state index in [4.69, 9.17) is 24.4 Å². The summed E-state index contributed by atoms with van der Waals surface area (Å²) < 4.78 is 6.48. The molecule has 266 valence electrons. The molecule has 0 spiro atoms. The molecular formula is C52H32N4O. The number of aromatic nitrogens is 4. The Morgan fingerprint density at radius 3 is 1.37 bits per heavy atom. The van der Waals surface area contributed by atoms with Gasteiger partial charge in [0.05, 0.1) is 22.4 Å². The van der Waals surface area contributed by atoms with Crippen molar-refractivity contribution in [1.29, 1.82) is 0 Å². The molecule has 57 heavy (non-hydrogen) atoms. The zero-order chi connectivity index (χ0) is 37.7. The van der Waals surface area contributed by atoms with Crippen LogP contribution in [0.1, 0.15) is 0 Å². The van der Waals surface area contributed by atoms with Gasteiger partial charge in [0.15, 0.2) is 11.6 Å². The minimum absolute atomic E-state index is 0.637. The minimum atomic E-state index is 0.637. The molecule has 0 N–H and O–H groups in total. The molecule has 5 nitrogen and oxygen atoms in total. The van der Waals surface area contributed by atoms with E-state index in [9.17, 15) is 0 Å². The second kappa shape index (κ2) is 13.5. The van der Waals surface area contributed by atoms with Gasteiger partial charge in [-0.15, -0.1) is 0 Å². The summed E-state index contributed by atoms with van der Waals surface area (Å²) in [5, 5.41) is 3.91. The molecule has 0 aliphatic heterocycles. The normalized spacial score (nSPS) is 11.5. The Balaban J connectivity index is 1.04. The number of nitrogens with zero attached hydrogens (tertiary/aromatic N) is 4. The molecule has 0 amide bonds. The number of para-hydroxylation sites is 2. The molecule has 0 aliphatic rings. The Bertz CT molecular complexity index is 3270. The average molecular weight is 729 g/mol. The van der Waals surface area contributed by atoms with Gasteiger partial charge in [-0.1, -0.05) is 158 Å². The summed E-state index contributed by atoms with van der Waals surface area (Å²) in [4.78, 5) is 20.8. The number of hydrogen-bond acceptors (Lipinski definition) is 5. The highest BCUT2D eigenvalue weighted by atomic mass is 16.3. The van der Waals surface area contributed by atoms with Gasteiger partial charge in [0.25, 0.3) is 0 Å². The Morgan fingerprint density at radius 2 is 0.772 bits per heavy atom. The highest BCUT2D eigenvalue weighted by Crippen LogP contribution is 2.40. The van der Waals surface area contributed by atoms with Crippen molar-refractivity contribution < 1.29 is 4.42 Å². The standard InChI is InChI=1S/C52H32N4O/c1-3-12-33(13-4-1)35-22-26-37(27-23-35)49-40-16-7-9-19-44(40)53-51(55-49)39-30-31-46-43(32-39)48-42(18-11-21-47(48)57-46)52-54-45-20-10-8-17-41(45)50(56-52)38-28-24-36(25-29-38)34-14-5-2-6-15-34/h1-32H. The number of hydrogen-bond donors (Lipinski definition) is 0. The first-order valence-electron chi connectivity index (χ1n) is 19.0. The maximum atomic E-state index is 6.48. The van der Waals surface area contributed by atoms with E-state index in [1.807, 2.05) is 60.7 Å². The van der Waals surface area contributed by atoms with Gasteiger partial charge in [-0.2, -0.15) is 0 Å². The lowest BCUT2D eigenvalue weighted by Gasteiger charge is -2.11. The van der Waals surface area contributed by atoms with E-state index in [1.54, 1.807) is 0 Å². The summed E-state index contributed by atoms with van der Waals surface area (Å²) in [5.74, 6) is 1.28. The first-order valence-corrected chi connectivity index (χ1v) is 19.0. The third-order valence-corrected chi connectivity index (χ3v) is 10.7. The number of rotatable bonds is 6. The molecule has 0 saturated heterocycles. The van der Waals surface area contributed by atoms with Gasteiger partial charge in [-0.25, -0.2) is 19.9 Å². The first-order chi connectivity index (χ1) is 28.2. The van der Waals surface area contributed by atoms with Crippen molar-refractivity contribution in [3.8, 4) is 67.5 Å². The summed E-state index contributed by atoms with van der Waals surface area (Å²) in [6.07, 6.45) is 0. The summed E-state index contributed by atoms with van der Waals surface area (Å²) in [7, 11) is 0. The van der Waals surface area contributed by atoms with Crippen molar-refractivity contribution >= 4 is 43.7 Å². The Labute approximate surface area is 328 Å². The minimum Gasteiger partial charge on any atom is -0.456 e. The topological polar surface area (TPSA) is 64.7 Å². The number of benzene rings is 8. The van der Waals surface area contributed by atoms with Crippen LogP contribution < -0.4 is 0 Å². The Kier molecular flexibility index (Phi) is 7.74. The quantitative estimate of drug-likeness (QED) is 0.171. The summed E-state index contributed by atoms with van der Waals surface area (Å²) >= 11 is 0. The van der Waals surface area contributed by atoms with Crippen LogP contribution in [-0.4, -0.2) is 19.9 Å². The van der Waals surface area contributed by atoms with Crippen LogP contribution >= 0.6 is 0 Å². The van der Waals surface area contributed by atoms with Crippen molar-refractivity contribution in [3.05, 3.63) is 194 Å². The lowest BCUT2D eigenvalue weighted by atomic mass is 10.00. The van der Waals surface area contributed by atoms with Crippen molar-refractivity contribution in [2.75, 3.05) is 0 Å². The summed E-state index contributed by atoms with van der Waals surface area (Å²) in [6.45, 7) is 0. The van der Waals surface area contributed by atoms with Gasteiger partial charge in [-0.3, -0.25) is 0 Å². The van der Waals surface area contributed by atoms with Gasteiger partial charge < -0.3 is 4.42 Å². The molecular weight excluding hydrogens is 697 g/mol. The molecule has 0 bridgehead atoms. The van der Waals surface area contributed by atoms with E-state index in [-0.39, 0.29) is 0 Å². The van der Waals surface area contributed by atoms with Crippen LogP contribution in [0.2, 0.25) is 0 Å². The van der Waals surface area contributed by atoms with Crippen LogP contribution in [0.5, 0.6) is 0 Å². The average Bonchev–Trinajstić information content (AvgIpc) is 3.67. The van der Waals surface area contributed by atoms with Gasteiger partial charge in [-0.05, 0) is 58.7 Å². The monoisotopic (exact) mass is 728 g/mol. The van der Waals surface area contributed by atoms with Crippen molar-refractivity contribution in [3.63, 3.8) is 0 Å². The second-order valence-corrected chi connectivity index (χ2v) is 14.2. The zero-order valence-electron chi connectivity index (χ0n) is 30.7. The molecule has 3 aromatic heterocycles. The lowest BCUT2D eigenvalue weighted by molar-refractivity contribution is 0.669. The lowest BCUT2D eigenvalue weighted by Crippen LogP contribution is -1.96. The van der Waals surface area contributed by atoms with Crippen LogP contribution in [0.3, 0.4) is 0 Å². The van der Waals surface area contributed by atoms with Crippen LogP contribution in [0.4, 0.5) is 0 Å². The SMILES string of the molecule is c1ccc(-c2ccc(-c3nc(-c4ccc5oc6cccc(-c7nc(-c8ccc(-c9ccccc9)cc8)c8ccccc8n7)c6c5c4)nc4ccccc34)cc2)cc1. The predicted molar refractivity (Wildman–Crippen MR) is 233 cm³/mol. The fraction of sp³-hybridized carbons (Fsp3) is 0. The maximum Gasteiger partial charge on any atom is 0.161 e. The van der Waals surface area contributed by atoms with Crippen molar-refractivity contribution in [1.82, 2.24) is 19.9 Å². The van der Waals surface area contributed by atoms with Crippen molar-refractivity contribution in [2.45, 2.75) is 0 Å².